The second-order valence-electron chi connectivity index (χ2n) is 4.62. The average Bonchev–Trinajstić information content (AvgIpc) is 2.74. The molecule has 1 aliphatic carbocycles. The van der Waals surface area contributed by atoms with E-state index in [2.05, 4.69) is 5.32 Å². The Morgan fingerprint density at radius 1 is 1.27 bits per heavy atom. The van der Waals surface area contributed by atoms with Crippen molar-refractivity contribution in [3.63, 3.8) is 0 Å². The molecular formula is C11H20N2O2. The van der Waals surface area contributed by atoms with Gasteiger partial charge in [-0.25, -0.2) is 0 Å². The highest BCUT2D eigenvalue weighted by Crippen LogP contribution is 2.18. The third kappa shape index (κ3) is 2.69. The predicted molar refractivity (Wildman–Crippen MR) is 57.3 cm³/mol. The van der Waals surface area contributed by atoms with Crippen LogP contribution in [-0.4, -0.2) is 31.2 Å². The zero-order chi connectivity index (χ0) is 10.7. The Labute approximate surface area is 90.5 Å². The first-order chi connectivity index (χ1) is 7.27. The largest absolute Gasteiger partial charge is 0.381 e. The van der Waals surface area contributed by atoms with Crippen LogP contribution >= 0.6 is 0 Å². The molecule has 0 spiro atoms. The summed E-state index contributed by atoms with van der Waals surface area (Å²) < 4.78 is 5.20. The van der Waals surface area contributed by atoms with Crippen LogP contribution in [0, 0.1) is 5.92 Å². The Morgan fingerprint density at radius 2 is 2.07 bits per heavy atom. The van der Waals surface area contributed by atoms with Gasteiger partial charge in [0.25, 0.3) is 0 Å². The Bertz CT molecular complexity index is 227. The van der Waals surface area contributed by atoms with Crippen molar-refractivity contribution in [2.75, 3.05) is 13.2 Å². The lowest BCUT2D eigenvalue weighted by Crippen LogP contribution is -2.50. The van der Waals surface area contributed by atoms with Gasteiger partial charge < -0.3 is 15.8 Å². The molecule has 1 aliphatic heterocycles. The highest BCUT2D eigenvalue weighted by Gasteiger charge is 2.28. The van der Waals surface area contributed by atoms with Crippen molar-refractivity contribution in [1.29, 1.82) is 0 Å². The van der Waals surface area contributed by atoms with E-state index in [0.29, 0.717) is 6.61 Å². The molecule has 86 valence electrons. The summed E-state index contributed by atoms with van der Waals surface area (Å²) in [5.74, 6) is 0.189. The maximum Gasteiger partial charge on any atom is 0.225 e. The fourth-order valence-electron chi connectivity index (χ4n) is 2.38. The first-order valence-corrected chi connectivity index (χ1v) is 5.91. The minimum Gasteiger partial charge on any atom is -0.381 e. The van der Waals surface area contributed by atoms with Crippen LogP contribution in [0.25, 0.3) is 0 Å². The summed E-state index contributed by atoms with van der Waals surface area (Å²) in [6.45, 7) is 1.29. The van der Waals surface area contributed by atoms with Gasteiger partial charge in [-0.3, -0.25) is 4.79 Å². The first-order valence-electron chi connectivity index (χ1n) is 5.91. The van der Waals surface area contributed by atoms with E-state index in [0.717, 1.165) is 25.9 Å². The van der Waals surface area contributed by atoms with Crippen LogP contribution in [0.4, 0.5) is 0 Å². The molecular weight excluding hydrogens is 192 g/mol. The monoisotopic (exact) mass is 212 g/mol. The SMILES string of the molecule is N[C@@H]1CCCC[C@H]1NC(=O)C1CCOC1. The second kappa shape index (κ2) is 4.94. The molecule has 15 heavy (non-hydrogen) atoms. The number of hydrogen-bond donors (Lipinski definition) is 2. The Kier molecular flexibility index (Phi) is 3.59. The van der Waals surface area contributed by atoms with E-state index in [9.17, 15) is 4.79 Å². The van der Waals surface area contributed by atoms with Crippen LogP contribution in [0.2, 0.25) is 0 Å². The second-order valence-corrected chi connectivity index (χ2v) is 4.62. The number of ether oxygens (including phenoxy) is 1. The summed E-state index contributed by atoms with van der Waals surface area (Å²) in [6, 6.07) is 0.330. The van der Waals surface area contributed by atoms with Gasteiger partial charge in [-0.05, 0) is 19.3 Å². The molecule has 0 bridgehead atoms. The van der Waals surface area contributed by atoms with Gasteiger partial charge >= 0.3 is 0 Å². The number of nitrogens with one attached hydrogen (secondary N) is 1. The van der Waals surface area contributed by atoms with Crippen molar-refractivity contribution in [3.05, 3.63) is 0 Å². The fourth-order valence-corrected chi connectivity index (χ4v) is 2.38. The van der Waals surface area contributed by atoms with Crippen LogP contribution in [0.1, 0.15) is 32.1 Å². The molecule has 1 heterocycles. The molecule has 0 aromatic rings. The molecule has 4 nitrogen and oxygen atoms in total. The summed E-state index contributed by atoms with van der Waals surface area (Å²) in [7, 11) is 0. The number of carbonyl (C=O) groups is 1. The van der Waals surface area contributed by atoms with Crippen molar-refractivity contribution >= 4 is 5.91 Å². The first kappa shape index (κ1) is 10.9. The summed E-state index contributed by atoms with van der Waals surface area (Å²) >= 11 is 0. The molecule has 4 heteroatoms. The Hall–Kier alpha value is -0.610. The van der Waals surface area contributed by atoms with Gasteiger partial charge in [0.2, 0.25) is 5.91 Å². The van der Waals surface area contributed by atoms with Crippen molar-refractivity contribution < 1.29 is 9.53 Å². The highest BCUT2D eigenvalue weighted by atomic mass is 16.5. The molecule has 3 N–H and O–H groups in total. The highest BCUT2D eigenvalue weighted by molar-refractivity contribution is 5.79. The van der Waals surface area contributed by atoms with E-state index in [1.54, 1.807) is 0 Å². The smallest absolute Gasteiger partial charge is 0.225 e. The van der Waals surface area contributed by atoms with E-state index in [4.69, 9.17) is 10.5 Å². The maximum absolute atomic E-state index is 11.8. The van der Waals surface area contributed by atoms with Crippen molar-refractivity contribution in [3.8, 4) is 0 Å². The van der Waals surface area contributed by atoms with Crippen molar-refractivity contribution in [1.82, 2.24) is 5.32 Å². The third-order valence-electron chi connectivity index (χ3n) is 3.45. The molecule has 1 amide bonds. The minimum absolute atomic E-state index is 0.0547. The van der Waals surface area contributed by atoms with Crippen LogP contribution in [0.15, 0.2) is 0 Å². The van der Waals surface area contributed by atoms with Gasteiger partial charge in [0.15, 0.2) is 0 Å². The lowest BCUT2D eigenvalue weighted by molar-refractivity contribution is -0.126. The average molecular weight is 212 g/mol. The van der Waals surface area contributed by atoms with E-state index in [-0.39, 0.29) is 23.9 Å². The van der Waals surface area contributed by atoms with Crippen LogP contribution in [-0.2, 0) is 9.53 Å². The maximum atomic E-state index is 11.8. The third-order valence-corrected chi connectivity index (χ3v) is 3.45. The Balaban J connectivity index is 1.81. The van der Waals surface area contributed by atoms with Gasteiger partial charge in [-0.2, -0.15) is 0 Å². The quantitative estimate of drug-likeness (QED) is 0.696. The van der Waals surface area contributed by atoms with Gasteiger partial charge in [-0.1, -0.05) is 12.8 Å². The standard InChI is InChI=1S/C11H20N2O2/c12-9-3-1-2-4-10(9)13-11(14)8-5-6-15-7-8/h8-10H,1-7,12H2,(H,13,14)/t8?,9-,10-/m1/s1. The van der Waals surface area contributed by atoms with E-state index < -0.39 is 0 Å². The van der Waals surface area contributed by atoms with Gasteiger partial charge in [-0.15, -0.1) is 0 Å². The number of hydrogen-bond acceptors (Lipinski definition) is 3. The number of amides is 1. The molecule has 1 saturated carbocycles. The lowest BCUT2D eigenvalue weighted by atomic mass is 9.90. The molecule has 2 rings (SSSR count). The number of nitrogens with two attached hydrogens (primary N) is 1. The molecule has 0 radical (unpaired) electrons. The number of carbonyl (C=O) groups excluding carboxylic acids is 1. The summed E-state index contributed by atoms with van der Waals surface area (Å²) in [4.78, 5) is 11.8. The summed E-state index contributed by atoms with van der Waals surface area (Å²) in [5.41, 5.74) is 5.98. The van der Waals surface area contributed by atoms with Crippen molar-refractivity contribution in [2.24, 2.45) is 11.7 Å². The van der Waals surface area contributed by atoms with Crippen LogP contribution < -0.4 is 11.1 Å². The molecule has 1 unspecified atom stereocenters. The van der Waals surface area contributed by atoms with Gasteiger partial charge in [0, 0.05) is 18.7 Å². The van der Waals surface area contributed by atoms with Crippen LogP contribution in [0.5, 0.6) is 0 Å². The zero-order valence-corrected chi connectivity index (χ0v) is 9.08. The minimum atomic E-state index is 0.0547. The molecule has 0 aromatic heterocycles. The Morgan fingerprint density at radius 3 is 2.73 bits per heavy atom. The van der Waals surface area contributed by atoms with E-state index in [1.165, 1.54) is 12.8 Å². The normalized spacial score (nSPS) is 36.5. The van der Waals surface area contributed by atoms with Gasteiger partial charge in [0.05, 0.1) is 12.5 Å². The molecule has 2 aliphatic rings. The summed E-state index contributed by atoms with van der Waals surface area (Å²) in [5, 5.41) is 3.07. The molecule has 3 atom stereocenters. The lowest BCUT2D eigenvalue weighted by Gasteiger charge is -2.30. The fraction of sp³-hybridized carbons (Fsp3) is 0.909. The van der Waals surface area contributed by atoms with E-state index in [1.807, 2.05) is 0 Å². The predicted octanol–water partition coefficient (Wildman–Crippen LogP) is 0.409. The zero-order valence-electron chi connectivity index (χ0n) is 9.08. The topological polar surface area (TPSA) is 64.3 Å². The number of rotatable bonds is 2. The molecule has 0 aromatic carbocycles. The summed E-state index contributed by atoms with van der Waals surface area (Å²) in [6.07, 6.45) is 5.29. The van der Waals surface area contributed by atoms with Crippen LogP contribution in [0.3, 0.4) is 0 Å². The molecule has 2 fully saturated rings. The van der Waals surface area contributed by atoms with Crippen molar-refractivity contribution in [2.45, 2.75) is 44.2 Å². The van der Waals surface area contributed by atoms with Gasteiger partial charge in [0.1, 0.15) is 0 Å². The molecule has 1 saturated heterocycles. The van der Waals surface area contributed by atoms with E-state index >= 15 is 0 Å².